The lowest BCUT2D eigenvalue weighted by Gasteiger charge is -2.47. The minimum absolute atomic E-state index is 0.773. The smallest absolute Gasteiger partial charge is 0.0136 e. The van der Waals surface area contributed by atoms with E-state index in [2.05, 4.69) is 23.9 Å². The Morgan fingerprint density at radius 1 is 1.20 bits per heavy atom. The summed E-state index contributed by atoms with van der Waals surface area (Å²) in [5, 5.41) is 0. The minimum Gasteiger partial charge on any atom is -0.330 e. The van der Waals surface area contributed by atoms with Crippen LogP contribution in [0.1, 0.15) is 25.7 Å². The zero-order chi connectivity index (χ0) is 10.8. The Labute approximate surface area is 93.6 Å². The van der Waals surface area contributed by atoms with Gasteiger partial charge in [0.1, 0.15) is 0 Å². The summed E-state index contributed by atoms with van der Waals surface area (Å²) in [5.74, 6) is 0.773. The summed E-state index contributed by atoms with van der Waals surface area (Å²) < 4.78 is 0. The molecule has 2 fully saturated rings. The average Bonchev–Trinajstić information content (AvgIpc) is 2.17. The van der Waals surface area contributed by atoms with E-state index in [1.54, 1.807) is 0 Å². The van der Waals surface area contributed by atoms with Gasteiger partial charge >= 0.3 is 0 Å². The molecule has 3 heteroatoms. The number of rotatable bonds is 3. The van der Waals surface area contributed by atoms with Crippen LogP contribution < -0.4 is 5.73 Å². The molecule has 0 bridgehead atoms. The van der Waals surface area contributed by atoms with Crippen LogP contribution in [0, 0.1) is 5.92 Å². The first-order chi connectivity index (χ1) is 7.22. The van der Waals surface area contributed by atoms with E-state index in [4.69, 9.17) is 5.73 Å². The topological polar surface area (TPSA) is 32.5 Å². The Balaban J connectivity index is 1.82. The van der Waals surface area contributed by atoms with Gasteiger partial charge in [-0.05, 0) is 65.3 Å². The van der Waals surface area contributed by atoms with Gasteiger partial charge in [0.15, 0.2) is 0 Å². The number of nitrogens with two attached hydrogens (primary N) is 1. The van der Waals surface area contributed by atoms with E-state index in [9.17, 15) is 0 Å². The van der Waals surface area contributed by atoms with Gasteiger partial charge in [-0.3, -0.25) is 0 Å². The van der Waals surface area contributed by atoms with Crippen molar-refractivity contribution in [1.29, 1.82) is 0 Å². The minimum atomic E-state index is 0.773. The quantitative estimate of drug-likeness (QED) is 0.748. The lowest BCUT2D eigenvalue weighted by atomic mass is 9.77. The molecule has 88 valence electrons. The summed E-state index contributed by atoms with van der Waals surface area (Å²) in [7, 11) is 4.53. The molecule has 0 aromatic rings. The van der Waals surface area contributed by atoms with E-state index in [1.165, 1.54) is 38.8 Å². The Morgan fingerprint density at radius 2 is 1.87 bits per heavy atom. The number of piperidine rings is 1. The Morgan fingerprint density at radius 3 is 2.33 bits per heavy atom. The largest absolute Gasteiger partial charge is 0.330 e. The molecule has 1 heterocycles. The van der Waals surface area contributed by atoms with Gasteiger partial charge in [-0.25, -0.2) is 0 Å². The highest BCUT2D eigenvalue weighted by Gasteiger charge is 2.36. The fraction of sp³-hybridized carbons (Fsp3) is 1.00. The van der Waals surface area contributed by atoms with Gasteiger partial charge in [0.2, 0.25) is 0 Å². The summed E-state index contributed by atoms with van der Waals surface area (Å²) in [4.78, 5) is 5.06. The fourth-order valence-corrected chi connectivity index (χ4v) is 3.04. The lowest BCUT2D eigenvalue weighted by Crippen LogP contribution is -2.54. The normalized spacial score (nSPS) is 34.4. The van der Waals surface area contributed by atoms with Crippen LogP contribution in [0.2, 0.25) is 0 Å². The van der Waals surface area contributed by atoms with Crippen LogP contribution in [0.5, 0.6) is 0 Å². The number of likely N-dealkylation sites (tertiary alicyclic amines) is 1. The standard InChI is InChI=1S/C12H25N3/c1-14-7-5-11(6-8-14)15(2)12-4-3-10(12)9-13/h10-12H,3-9,13H2,1-2H3. The first kappa shape index (κ1) is 11.4. The maximum Gasteiger partial charge on any atom is 0.0136 e. The van der Waals surface area contributed by atoms with Crippen molar-refractivity contribution in [3.8, 4) is 0 Å². The lowest BCUT2D eigenvalue weighted by molar-refractivity contribution is 0.0298. The maximum atomic E-state index is 5.78. The van der Waals surface area contributed by atoms with Crippen molar-refractivity contribution in [3.63, 3.8) is 0 Å². The van der Waals surface area contributed by atoms with Crippen molar-refractivity contribution >= 4 is 0 Å². The van der Waals surface area contributed by atoms with Gasteiger partial charge in [-0.2, -0.15) is 0 Å². The van der Waals surface area contributed by atoms with E-state index < -0.39 is 0 Å². The van der Waals surface area contributed by atoms with Gasteiger partial charge < -0.3 is 15.5 Å². The van der Waals surface area contributed by atoms with Crippen molar-refractivity contribution in [2.24, 2.45) is 11.7 Å². The molecule has 3 nitrogen and oxygen atoms in total. The van der Waals surface area contributed by atoms with Gasteiger partial charge in [-0.1, -0.05) is 0 Å². The molecule has 0 amide bonds. The molecule has 0 aromatic carbocycles. The second-order valence-electron chi connectivity index (χ2n) is 5.34. The summed E-state index contributed by atoms with van der Waals surface area (Å²) >= 11 is 0. The zero-order valence-electron chi connectivity index (χ0n) is 10.2. The molecule has 1 aliphatic heterocycles. The van der Waals surface area contributed by atoms with Crippen LogP contribution in [0.25, 0.3) is 0 Å². The van der Waals surface area contributed by atoms with Crippen molar-refractivity contribution < 1.29 is 0 Å². The molecule has 1 aliphatic carbocycles. The predicted molar refractivity (Wildman–Crippen MR) is 63.8 cm³/mol. The van der Waals surface area contributed by atoms with Crippen LogP contribution >= 0.6 is 0 Å². The molecule has 2 atom stereocenters. The summed E-state index contributed by atoms with van der Waals surface area (Å²) in [6.45, 7) is 3.39. The second kappa shape index (κ2) is 4.81. The van der Waals surface area contributed by atoms with Crippen molar-refractivity contribution in [3.05, 3.63) is 0 Å². The zero-order valence-corrected chi connectivity index (χ0v) is 10.2. The summed E-state index contributed by atoms with van der Waals surface area (Å²) in [5.41, 5.74) is 5.78. The molecule has 0 radical (unpaired) electrons. The van der Waals surface area contributed by atoms with Crippen LogP contribution in [0.4, 0.5) is 0 Å². The predicted octanol–water partition coefficient (Wildman–Crippen LogP) is 0.750. The van der Waals surface area contributed by atoms with Crippen molar-refractivity contribution in [2.75, 3.05) is 33.7 Å². The van der Waals surface area contributed by atoms with Crippen LogP contribution in [-0.2, 0) is 0 Å². The molecule has 2 N–H and O–H groups in total. The van der Waals surface area contributed by atoms with Gasteiger partial charge in [-0.15, -0.1) is 0 Å². The SMILES string of the molecule is CN1CCC(N(C)C2CCC2CN)CC1. The highest BCUT2D eigenvalue weighted by molar-refractivity contribution is 4.91. The molecule has 1 saturated carbocycles. The Kier molecular flexibility index (Phi) is 3.65. The molecule has 2 unspecified atom stereocenters. The van der Waals surface area contributed by atoms with E-state index in [-0.39, 0.29) is 0 Å². The third kappa shape index (κ3) is 2.35. The van der Waals surface area contributed by atoms with Crippen LogP contribution in [0.3, 0.4) is 0 Å². The van der Waals surface area contributed by atoms with Crippen LogP contribution in [-0.4, -0.2) is 55.6 Å². The highest BCUT2D eigenvalue weighted by atomic mass is 15.2. The van der Waals surface area contributed by atoms with E-state index in [0.29, 0.717) is 0 Å². The molecule has 2 rings (SSSR count). The Bertz CT molecular complexity index is 197. The van der Waals surface area contributed by atoms with E-state index in [1.807, 2.05) is 0 Å². The first-order valence-corrected chi connectivity index (χ1v) is 6.33. The van der Waals surface area contributed by atoms with E-state index in [0.717, 1.165) is 24.5 Å². The third-order valence-corrected chi connectivity index (χ3v) is 4.47. The molecular formula is C12H25N3. The van der Waals surface area contributed by atoms with Crippen molar-refractivity contribution in [2.45, 2.75) is 37.8 Å². The summed E-state index contributed by atoms with van der Waals surface area (Å²) in [6, 6.07) is 1.59. The Hall–Kier alpha value is -0.120. The number of nitrogens with zero attached hydrogens (tertiary/aromatic N) is 2. The van der Waals surface area contributed by atoms with Crippen LogP contribution in [0.15, 0.2) is 0 Å². The van der Waals surface area contributed by atoms with Crippen molar-refractivity contribution in [1.82, 2.24) is 9.80 Å². The van der Waals surface area contributed by atoms with Gasteiger partial charge in [0.25, 0.3) is 0 Å². The molecule has 15 heavy (non-hydrogen) atoms. The molecule has 2 aliphatic rings. The van der Waals surface area contributed by atoms with Gasteiger partial charge in [0, 0.05) is 12.1 Å². The fourth-order valence-electron chi connectivity index (χ4n) is 3.04. The van der Waals surface area contributed by atoms with Gasteiger partial charge in [0.05, 0.1) is 0 Å². The molecular weight excluding hydrogens is 186 g/mol. The summed E-state index contributed by atoms with van der Waals surface area (Å²) in [6.07, 6.45) is 5.38. The molecule has 0 spiro atoms. The molecule has 0 aromatic heterocycles. The maximum absolute atomic E-state index is 5.78. The highest BCUT2D eigenvalue weighted by Crippen LogP contribution is 2.33. The third-order valence-electron chi connectivity index (χ3n) is 4.47. The second-order valence-corrected chi connectivity index (χ2v) is 5.34. The monoisotopic (exact) mass is 211 g/mol. The average molecular weight is 211 g/mol. The molecule has 1 saturated heterocycles. The van der Waals surface area contributed by atoms with E-state index >= 15 is 0 Å². The number of hydrogen-bond donors (Lipinski definition) is 1. The first-order valence-electron chi connectivity index (χ1n) is 6.33. The number of hydrogen-bond acceptors (Lipinski definition) is 3.